The number of nitrogens with zero attached hydrogens (tertiary/aromatic N) is 1. The van der Waals surface area contributed by atoms with Gasteiger partial charge in [-0.25, -0.2) is 14.6 Å². The zero-order chi connectivity index (χ0) is 20.6. The molecule has 0 aliphatic rings. The molecular formula is C22H17FN2O4. The van der Waals surface area contributed by atoms with Crippen LogP contribution in [0.1, 0.15) is 26.3 Å². The van der Waals surface area contributed by atoms with E-state index in [-0.39, 0.29) is 17.2 Å². The van der Waals surface area contributed by atoms with Gasteiger partial charge in [0.15, 0.2) is 0 Å². The Labute approximate surface area is 166 Å². The number of rotatable bonds is 6. The van der Waals surface area contributed by atoms with Crippen molar-refractivity contribution in [3.8, 4) is 11.5 Å². The van der Waals surface area contributed by atoms with E-state index in [1.54, 1.807) is 54.6 Å². The number of carbonyl (C=O) groups is 2. The average molecular weight is 392 g/mol. The lowest BCUT2D eigenvalue weighted by atomic mass is 10.2. The molecule has 0 saturated carbocycles. The number of methoxy groups -OCH3 is 1. The van der Waals surface area contributed by atoms with Crippen LogP contribution in [0, 0.1) is 5.82 Å². The van der Waals surface area contributed by atoms with Crippen LogP contribution >= 0.6 is 0 Å². The Bertz CT molecular complexity index is 1050. The molecule has 0 aliphatic heterocycles. The summed E-state index contributed by atoms with van der Waals surface area (Å²) in [6, 6.07) is 18.7. The summed E-state index contributed by atoms with van der Waals surface area (Å²) in [6.07, 6.45) is 1.44. The van der Waals surface area contributed by atoms with Gasteiger partial charge in [-0.15, -0.1) is 0 Å². The number of ether oxygens (including phenoxy) is 2. The van der Waals surface area contributed by atoms with Gasteiger partial charge in [0.05, 0.1) is 18.9 Å². The van der Waals surface area contributed by atoms with Gasteiger partial charge >= 0.3 is 5.97 Å². The molecule has 0 saturated heterocycles. The van der Waals surface area contributed by atoms with Crippen molar-refractivity contribution in [3.05, 3.63) is 95.3 Å². The number of benzene rings is 3. The summed E-state index contributed by atoms with van der Waals surface area (Å²) >= 11 is 0. The van der Waals surface area contributed by atoms with Gasteiger partial charge in [-0.1, -0.05) is 18.2 Å². The largest absolute Gasteiger partial charge is 0.497 e. The van der Waals surface area contributed by atoms with E-state index in [1.165, 1.54) is 31.5 Å². The van der Waals surface area contributed by atoms with Crippen LogP contribution in [-0.2, 0) is 0 Å². The second-order valence-electron chi connectivity index (χ2n) is 5.87. The monoisotopic (exact) mass is 392 g/mol. The van der Waals surface area contributed by atoms with Gasteiger partial charge in [0.2, 0.25) is 0 Å². The molecule has 146 valence electrons. The zero-order valence-electron chi connectivity index (χ0n) is 15.5. The number of carbonyl (C=O) groups excluding carboxylic acids is 2. The minimum atomic E-state index is -0.782. The molecule has 0 spiro atoms. The highest BCUT2D eigenvalue weighted by Crippen LogP contribution is 2.15. The third-order valence-corrected chi connectivity index (χ3v) is 3.90. The summed E-state index contributed by atoms with van der Waals surface area (Å²) in [5.74, 6) is -0.975. The summed E-state index contributed by atoms with van der Waals surface area (Å²) < 4.78 is 23.8. The molecule has 0 fully saturated rings. The van der Waals surface area contributed by atoms with Crippen LogP contribution in [0.15, 0.2) is 77.9 Å². The minimum Gasteiger partial charge on any atom is -0.497 e. The molecule has 0 heterocycles. The van der Waals surface area contributed by atoms with E-state index < -0.39 is 11.8 Å². The van der Waals surface area contributed by atoms with Crippen LogP contribution in [0.4, 0.5) is 4.39 Å². The van der Waals surface area contributed by atoms with E-state index in [9.17, 15) is 14.0 Å². The molecule has 7 heteroatoms. The Morgan fingerprint density at radius 3 is 2.45 bits per heavy atom. The zero-order valence-corrected chi connectivity index (χ0v) is 15.5. The van der Waals surface area contributed by atoms with Crippen molar-refractivity contribution in [2.24, 2.45) is 5.10 Å². The van der Waals surface area contributed by atoms with Gasteiger partial charge in [-0.3, -0.25) is 4.79 Å². The molecular weight excluding hydrogens is 375 g/mol. The molecule has 3 aromatic rings. The summed E-state index contributed by atoms with van der Waals surface area (Å²) in [5, 5.41) is 3.90. The predicted molar refractivity (Wildman–Crippen MR) is 106 cm³/mol. The van der Waals surface area contributed by atoms with E-state index >= 15 is 0 Å². The van der Waals surface area contributed by atoms with Crippen molar-refractivity contribution in [2.45, 2.75) is 0 Å². The normalized spacial score (nSPS) is 10.6. The summed E-state index contributed by atoms with van der Waals surface area (Å²) in [4.78, 5) is 24.1. The summed E-state index contributed by atoms with van der Waals surface area (Å²) in [6.45, 7) is 0. The van der Waals surface area contributed by atoms with Crippen molar-refractivity contribution >= 4 is 18.1 Å². The SMILES string of the molecule is COc1cccc(C(=O)N/N=C/c2ccc(OC(=O)c3ccccc3F)cc2)c1. The molecule has 0 aliphatic carbocycles. The first-order valence-electron chi connectivity index (χ1n) is 8.61. The molecule has 0 aromatic heterocycles. The highest BCUT2D eigenvalue weighted by Gasteiger charge is 2.13. The molecule has 3 aromatic carbocycles. The number of hydrogen-bond acceptors (Lipinski definition) is 5. The van der Waals surface area contributed by atoms with Crippen molar-refractivity contribution < 1.29 is 23.5 Å². The maximum atomic E-state index is 13.6. The van der Waals surface area contributed by atoms with E-state index in [2.05, 4.69) is 10.5 Å². The van der Waals surface area contributed by atoms with Crippen LogP contribution in [0.2, 0.25) is 0 Å². The molecule has 1 N–H and O–H groups in total. The van der Waals surface area contributed by atoms with Crippen LogP contribution in [0.3, 0.4) is 0 Å². The smallest absolute Gasteiger partial charge is 0.346 e. The predicted octanol–water partition coefficient (Wildman–Crippen LogP) is 3.82. The van der Waals surface area contributed by atoms with Gasteiger partial charge in [0, 0.05) is 5.56 Å². The minimum absolute atomic E-state index is 0.140. The molecule has 0 radical (unpaired) electrons. The molecule has 0 atom stereocenters. The van der Waals surface area contributed by atoms with Crippen molar-refractivity contribution in [3.63, 3.8) is 0 Å². The fourth-order valence-electron chi connectivity index (χ4n) is 2.40. The number of halogens is 1. The standard InChI is InChI=1S/C22H17FN2O4/c1-28-18-6-4-5-16(13-18)21(26)25-24-14-15-9-11-17(12-10-15)29-22(27)19-7-2-3-8-20(19)23/h2-14H,1H3,(H,25,26)/b24-14+. The first-order chi connectivity index (χ1) is 14.1. The Morgan fingerprint density at radius 2 is 1.72 bits per heavy atom. The quantitative estimate of drug-likeness (QED) is 0.299. The van der Waals surface area contributed by atoms with Crippen LogP contribution in [0.25, 0.3) is 0 Å². The van der Waals surface area contributed by atoms with Gasteiger partial charge in [0.25, 0.3) is 5.91 Å². The lowest BCUT2D eigenvalue weighted by Gasteiger charge is -2.05. The van der Waals surface area contributed by atoms with Gasteiger partial charge in [-0.2, -0.15) is 5.10 Å². The molecule has 0 bridgehead atoms. The molecule has 3 rings (SSSR count). The maximum absolute atomic E-state index is 13.6. The third-order valence-electron chi connectivity index (χ3n) is 3.90. The van der Waals surface area contributed by atoms with Crippen molar-refractivity contribution in [2.75, 3.05) is 7.11 Å². The number of amides is 1. The lowest BCUT2D eigenvalue weighted by Crippen LogP contribution is -2.17. The highest BCUT2D eigenvalue weighted by atomic mass is 19.1. The van der Waals surface area contributed by atoms with Crippen molar-refractivity contribution in [1.82, 2.24) is 5.43 Å². The van der Waals surface area contributed by atoms with E-state index in [1.807, 2.05) is 0 Å². The van der Waals surface area contributed by atoms with Gasteiger partial charge in [0.1, 0.15) is 17.3 Å². The van der Waals surface area contributed by atoms with E-state index in [0.29, 0.717) is 16.9 Å². The van der Waals surface area contributed by atoms with Crippen LogP contribution in [-0.4, -0.2) is 25.2 Å². The molecule has 6 nitrogen and oxygen atoms in total. The second kappa shape index (κ2) is 9.27. The van der Waals surface area contributed by atoms with E-state index in [0.717, 1.165) is 0 Å². The fourth-order valence-corrected chi connectivity index (χ4v) is 2.40. The van der Waals surface area contributed by atoms with Gasteiger partial charge < -0.3 is 9.47 Å². The van der Waals surface area contributed by atoms with Crippen molar-refractivity contribution in [1.29, 1.82) is 0 Å². The Kier molecular flexibility index (Phi) is 6.32. The topological polar surface area (TPSA) is 77.0 Å². The Balaban J connectivity index is 1.58. The number of nitrogens with one attached hydrogen (secondary N) is 1. The number of hydrogen-bond donors (Lipinski definition) is 1. The first kappa shape index (κ1) is 19.8. The summed E-state index contributed by atoms with van der Waals surface area (Å²) in [7, 11) is 1.52. The first-order valence-corrected chi connectivity index (χ1v) is 8.61. The second-order valence-corrected chi connectivity index (χ2v) is 5.87. The summed E-state index contributed by atoms with van der Waals surface area (Å²) in [5.41, 5.74) is 3.36. The Hall–Kier alpha value is -4.00. The highest BCUT2D eigenvalue weighted by molar-refractivity contribution is 5.95. The van der Waals surface area contributed by atoms with Gasteiger partial charge in [-0.05, 0) is 60.2 Å². The van der Waals surface area contributed by atoms with Crippen LogP contribution in [0.5, 0.6) is 11.5 Å². The number of esters is 1. The number of hydrazone groups is 1. The lowest BCUT2D eigenvalue weighted by molar-refractivity contribution is 0.0729. The fraction of sp³-hybridized carbons (Fsp3) is 0.0455. The van der Waals surface area contributed by atoms with Crippen LogP contribution < -0.4 is 14.9 Å². The molecule has 1 amide bonds. The third kappa shape index (κ3) is 5.26. The maximum Gasteiger partial charge on any atom is 0.346 e. The molecule has 29 heavy (non-hydrogen) atoms. The average Bonchev–Trinajstić information content (AvgIpc) is 2.75. The van der Waals surface area contributed by atoms with E-state index in [4.69, 9.17) is 9.47 Å². The Morgan fingerprint density at radius 1 is 0.966 bits per heavy atom. The molecule has 0 unspecified atom stereocenters.